The molecule has 170 valence electrons. The van der Waals surface area contributed by atoms with E-state index in [0.29, 0.717) is 11.4 Å². The standard InChI is InChI=1S/C24H31FN6O/c1-5-24(2,3)31-23(26-27-28-31)22(20-11-6-7-12-21(20)25)30-15-13-29(14-16-30)18-9-8-10-19(17-18)32-4/h6-12,17,22H,5,13-16H2,1-4H3. The van der Waals surface area contributed by atoms with Gasteiger partial charge in [0.25, 0.3) is 0 Å². The SMILES string of the molecule is CCC(C)(C)n1nnnc1C(c1ccccc1F)N1CCN(c2cccc(OC)c2)CC1. The van der Waals surface area contributed by atoms with Crippen molar-refractivity contribution in [3.8, 4) is 5.75 Å². The number of aromatic nitrogens is 4. The molecule has 1 unspecified atom stereocenters. The predicted octanol–water partition coefficient (Wildman–Crippen LogP) is 3.88. The molecule has 7 nitrogen and oxygen atoms in total. The molecule has 4 rings (SSSR count). The summed E-state index contributed by atoms with van der Waals surface area (Å²) in [5.74, 6) is 1.28. The zero-order valence-electron chi connectivity index (χ0n) is 19.2. The number of tetrazole rings is 1. The van der Waals surface area contributed by atoms with Crippen LogP contribution in [0.4, 0.5) is 10.1 Å². The second-order valence-corrected chi connectivity index (χ2v) is 8.76. The third-order valence-corrected chi connectivity index (χ3v) is 6.47. The fraction of sp³-hybridized carbons (Fsp3) is 0.458. The third-order valence-electron chi connectivity index (χ3n) is 6.47. The lowest BCUT2D eigenvalue weighted by Gasteiger charge is -2.40. The highest BCUT2D eigenvalue weighted by atomic mass is 19.1. The Balaban J connectivity index is 1.65. The Morgan fingerprint density at radius 3 is 2.50 bits per heavy atom. The summed E-state index contributed by atoms with van der Waals surface area (Å²) < 4.78 is 22.2. The number of halogens is 1. The number of nitrogens with zero attached hydrogens (tertiary/aromatic N) is 6. The molecule has 32 heavy (non-hydrogen) atoms. The largest absolute Gasteiger partial charge is 0.497 e. The number of anilines is 1. The van der Waals surface area contributed by atoms with Gasteiger partial charge in [-0.3, -0.25) is 4.90 Å². The Kier molecular flexibility index (Phi) is 6.41. The van der Waals surface area contributed by atoms with Crippen molar-refractivity contribution in [2.45, 2.75) is 38.8 Å². The van der Waals surface area contributed by atoms with E-state index in [1.54, 1.807) is 13.2 Å². The first-order chi connectivity index (χ1) is 15.4. The van der Waals surface area contributed by atoms with Crippen LogP contribution >= 0.6 is 0 Å². The smallest absolute Gasteiger partial charge is 0.173 e. The first kappa shape index (κ1) is 22.2. The lowest BCUT2D eigenvalue weighted by Crippen LogP contribution is -2.49. The summed E-state index contributed by atoms with van der Waals surface area (Å²) in [6.07, 6.45) is 0.860. The van der Waals surface area contributed by atoms with Gasteiger partial charge in [-0.1, -0.05) is 31.2 Å². The van der Waals surface area contributed by atoms with E-state index < -0.39 is 0 Å². The van der Waals surface area contributed by atoms with Gasteiger partial charge in [0.15, 0.2) is 5.82 Å². The lowest BCUT2D eigenvalue weighted by molar-refractivity contribution is 0.184. The first-order valence-electron chi connectivity index (χ1n) is 11.1. The van der Waals surface area contributed by atoms with Gasteiger partial charge in [-0.05, 0) is 48.9 Å². The van der Waals surface area contributed by atoms with Crippen LogP contribution in [0, 0.1) is 5.82 Å². The molecule has 3 aromatic rings. The van der Waals surface area contributed by atoms with E-state index in [4.69, 9.17) is 4.74 Å². The Morgan fingerprint density at radius 1 is 1.06 bits per heavy atom. The van der Waals surface area contributed by atoms with Crippen LogP contribution in [-0.2, 0) is 5.54 Å². The molecule has 0 radical (unpaired) electrons. The molecule has 0 bridgehead atoms. The maximum Gasteiger partial charge on any atom is 0.173 e. The molecule has 0 amide bonds. The van der Waals surface area contributed by atoms with Crippen molar-refractivity contribution in [3.63, 3.8) is 0 Å². The minimum atomic E-state index is -0.357. The van der Waals surface area contributed by atoms with Crippen molar-refractivity contribution in [3.05, 3.63) is 65.7 Å². The number of hydrogen-bond acceptors (Lipinski definition) is 6. The highest BCUT2D eigenvalue weighted by molar-refractivity contribution is 5.51. The third kappa shape index (κ3) is 4.32. The van der Waals surface area contributed by atoms with Gasteiger partial charge in [0, 0.05) is 43.5 Å². The van der Waals surface area contributed by atoms with Crippen molar-refractivity contribution in [2.75, 3.05) is 38.2 Å². The molecule has 1 aromatic heterocycles. The summed E-state index contributed by atoms with van der Waals surface area (Å²) in [4.78, 5) is 4.61. The summed E-state index contributed by atoms with van der Waals surface area (Å²) in [5.41, 5.74) is 1.46. The summed E-state index contributed by atoms with van der Waals surface area (Å²) in [5, 5.41) is 12.7. The number of rotatable bonds is 7. The molecule has 1 atom stereocenters. The van der Waals surface area contributed by atoms with Crippen LogP contribution in [0.15, 0.2) is 48.5 Å². The van der Waals surface area contributed by atoms with E-state index in [1.807, 2.05) is 35.0 Å². The van der Waals surface area contributed by atoms with Crippen LogP contribution in [0.2, 0.25) is 0 Å². The van der Waals surface area contributed by atoms with Crippen LogP contribution in [0.25, 0.3) is 0 Å². The van der Waals surface area contributed by atoms with Crippen molar-refractivity contribution >= 4 is 5.69 Å². The number of piperazine rings is 1. The topological polar surface area (TPSA) is 59.3 Å². The first-order valence-corrected chi connectivity index (χ1v) is 11.1. The van der Waals surface area contributed by atoms with Crippen molar-refractivity contribution in [2.24, 2.45) is 0 Å². The fourth-order valence-electron chi connectivity index (χ4n) is 4.19. The number of benzene rings is 2. The highest BCUT2D eigenvalue weighted by Crippen LogP contribution is 2.33. The van der Waals surface area contributed by atoms with Crippen molar-refractivity contribution in [1.29, 1.82) is 0 Å². The Morgan fingerprint density at radius 2 is 1.81 bits per heavy atom. The van der Waals surface area contributed by atoms with Gasteiger partial charge in [-0.2, -0.15) is 0 Å². The summed E-state index contributed by atoms with van der Waals surface area (Å²) in [6, 6.07) is 14.7. The average molecular weight is 439 g/mol. The summed E-state index contributed by atoms with van der Waals surface area (Å²) in [7, 11) is 1.68. The zero-order valence-corrected chi connectivity index (χ0v) is 19.2. The number of ether oxygens (including phenoxy) is 1. The second kappa shape index (κ2) is 9.24. The van der Waals surface area contributed by atoms with Gasteiger partial charge in [0.2, 0.25) is 0 Å². The fourth-order valence-corrected chi connectivity index (χ4v) is 4.19. The minimum Gasteiger partial charge on any atom is -0.497 e. The summed E-state index contributed by atoms with van der Waals surface area (Å²) >= 11 is 0. The van der Waals surface area contributed by atoms with E-state index in [2.05, 4.69) is 52.2 Å². The van der Waals surface area contributed by atoms with Crippen molar-refractivity contribution < 1.29 is 9.13 Å². The van der Waals surface area contributed by atoms with Gasteiger partial charge >= 0.3 is 0 Å². The Hall–Kier alpha value is -3.00. The van der Waals surface area contributed by atoms with Gasteiger partial charge in [0.1, 0.15) is 17.6 Å². The molecule has 0 N–H and O–H groups in total. The molecule has 0 spiro atoms. The Bertz CT molecular complexity index is 1040. The molecule has 1 aliphatic heterocycles. The molecule has 1 fully saturated rings. The number of hydrogen-bond donors (Lipinski definition) is 0. The van der Waals surface area contributed by atoms with Gasteiger partial charge in [0.05, 0.1) is 12.6 Å². The quantitative estimate of drug-likeness (QED) is 0.558. The lowest BCUT2D eigenvalue weighted by atomic mass is 9.98. The molecular weight excluding hydrogens is 407 g/mol. The monoisotopic (exact) mass is 438 g/mol. The van der Waals surface area contributed by atoms with Crippen molar-refractivity contribution in [1.82, 2.24) is 25.1 Å². The minimum absolute atomic E-state index is 0.239. The molecule has 2 aromatic carbocycles. The average Bonchev–Trinajstić information content (AvgIpc) is 3.31. The molecule has 8 heteroatoms. The van der Waals surface area contributed by atoms with Gasteiger partial charge in [-0.25, -0.2) is 9.07 Å². The molecule has 1 saturated heterocycles. The number of methoxy groups -OCH3 is 1. The van der Waals surface area contributed by atoms with Crippen LogP contribution in [-0.4, -0.2) is 58.4 Å². The van der Waals surface area contributed by atoms with E-state index in [1.165, 1.54) is 6.07 Å². The van der Waals surface area contributed by atoms with E-state index in [-0.39, 0.29) is 17.4 Å². The predicted molar refractivity (Wildman–Crippen MR) is 122 cm³/mol. The van der Waals surface area contributed by atoms with E-state index in [0.717, 1.165) is 44.0 Å². The van der Waals surface area contributed by atoms with E-state index in [9.17, 15) is 4.39 Å². The summed E-state index contributed by atoms with van der Waals surface area (Å²) in [6.45, 7) is 9.47. The van der Waals surface area contributed by atoms with Crippen LogP contribution in [0.1, 0.15) is 44.6 Å². The Labute approximate surface area is 188 Å². The highest BCUT2D eigenvalue weighted by Gasteiger charge is 2.35. The molecular formula is C24H31FN6O. The molecule has 0 aliphatic carbocycles. The molecule has 1 aliphatic rings. The van der Waals surface area contributed by atoms with Crippen LogP contribution < -0.4 is 9.64 Å². The molecule has 2 heterocycles. The van der Waals surface area contributed by atoms with Gasteiger partial charge < -0.3 is 9.64 Å². The van der Waals surface area contributed by atoms with Crippen LogP contribution in [0.5, 0.6) is 5.75 Å². The molecule has 0 saturated carbocycles. The van der Waals surface area contributed by atoms with Crippen LogP contribution in [0.3, 0.4) is 0 Å². The maximum atomic E-state index is 15.0. The normalized spacial score (nSPS) is 16.2. The zero-order chi connectivity index (χ0) is 22.7. The maximum absolute atomic E-state index is 15.0. The second-order valence-electron chi connectivity index (χ2n) is 8.76. The van der Waals surface area contributed by atoms with Gasteiger partial charge in [-0.15, -0.1) is 5.10 Å². The van der Waals surface area contributed by atoms with E-state index >= 15 is 0 Å².